The summed E-state index contributed by atoms with van der Waals surface area (Å²) >= 11 is 7.85. The van der Waals surface area contributed by atoms with Gasteiger partial charge in [-0.25, -0.2) is 4.99 Å². The molecule has 33 heavy (non-hydrogen) atoms. The van der Waals surface area contributed by atoms with Crippen LogP contribution >= 0.6 is 40.2 Å². The zero-order valence-electron chi connectivity index (χ0n) is 20.6. The van der Waals surface area contributed by atoms with Crippen LogP contribution in [0.15, 0.2) is 58.5 Å². The third-order valence-corrected chi connectivity index (χ3v) is 6.73. The normalized spacial score (nSPS) is 17.1. The Balaban J connectivity index is 0.00000122. The third kappa shape index (κ3) is 8.34. The molecule has 6 heteroatoms. The van der Waals surface area contributed by atoms with Gasteiger partial charge in [0.1, 0.15) is 10.8 Å². The first-order valence-electron chi connectivity index (χ1n) is 11.4. The van der Waals surface area contributed by atoms with Crippen LogP contribution in [0, 0.1) is 5.41 Å². The molecule has 1 aliphatic heterocycles. The molecule has 0 aromatic heterocycles. The number of aliphatic imine (C=N–C) groups is 2. The number of halogens is 2. The third-order valence-electron chi connectivity index (χ3n) is 5.72. The van der Waals surface area contributed by atoms with Gasteiger partial charge < -0.3 is 0 Å². The minimum atomic E-state index is 0.160. The molecule has 0 saturated heterocycles. The van der Waals surface area contributed by atoms with E-state index >= 15 is 0 Å². The van der Waals surface area contributed by atoms with E-state index in [2.05, 4.69) is 125 Å². The standard InChI is InChI=1S/C27H36N2S.2BrH.Ni/c1-18(2)21-14-11-15-22(19(3)4)25(21)29-24(20-12-9-8-10-13-20)26-28-23(16-17-30-26)27(5,6)7;;;/h8-15,18-19,23H,16-17H2,1-7H3;2*1H;/q;;;+2/p-2/t23-;;;/m1.../s1. The summed E-state index contributed by atoms with van der Waals surface area (Å²) in [5, 5.41) is 1.08. The molecule has 0 spiro atoms. The van der Waals surface area contributed by atoms with Crippen molar-refractivity contribution in [1.82, 2.24) is 0 Å². The first kappa shape index (κ1) is 28.8. The molecule has 0 saturated carbocycles. The van der Waals surface area contributed by atoms with E-state index in [4.69, 9.17) is 9.98 Å². The van der Waals surface area contributed by atoms with Crippen LogP contribution in [0.3, 0.4) is 0 Å². The Kier molecular flexibility index (Phi) is 11.9. The van der Waals surface area contributed by atoms with Crippen LogP contribution in [-0.4, -0.2) is 22.6 Å². The van der Waals surface area contributed by atoms with Gasteiger partial charge in [0.05, 0.1) is 11.7 Å². The van der Waals surface area contributed by atoms with Gasteiger partial charge >= 0.3 is 39.3 Å². The molecule has 2 aromatic rings. The molecular formula is C27H36Br2N2NiS. The molecule has 3 rings (SSSR count). The molecule has 0 amide bonds. The van der Waals surface area contributed by atoms with E-state index in [0.717, 1.165) is 34.2 Å². The summed E-state index contributed by atoms with van der Waals surface area (Å²) < 4.78 is 0. The van der Waals surface area contributed by atoms with Gasteiger partial charge in [0.15, 0.2) is 0 Å². The summed E-state index contributed by atoms with van der Waals surface area (Å²) in [6.45, 7) is 15.9. The van der Waals surface area contributed by atoms with Gasteiger partial charge in [-0.3, -0.25) is 4.99 Å². The Morgan fingerprint density at radius 2 is 1.52 bits per heavy atom. The second kappa shape index (κ2) is 13.6. The van der Waals surface area contributed by atoms with E-state index in [1.54, 1.807) is 0 Å². The molecule has 0 fully saturated rings. The fraction of sp³-hybridized carbons (Fsp3) is 0.481. The Hall–Kier alpha value is -0.416. The summed E-state index contributed by atoms with van der Waals surface area (Å²) in [6.07, 6.45) is 1.12. The molecule has 2 aromatic carbocycles. The molecule has 1 aliphatic rings. The first-order chi connectivity index (χ1) is 15.6. The van der Waals surface area contributed by atoms with Crippen molar-refractivity contribution in [3.63, 3.8) is 0 Å². The van der Waals surface area contributed by atoms with Crippen LogP contribution in [0.4, 0.5) is 5.69 Å². The van der Waals surface area contributed by atoms with Crippen molar-refractivity contribution in [1.29, 1.82) is 0 Å². The van der Waals surface area contributed by atoms with Gasteiger partial charge in [-0.05, 0) is 34.8 Å². The number of para-hydroxylation sites is 1. The predicted octanol–water partition coefficient (Wildman–Crippen LogP) is 9.69. The van der Waals surface area contributed by atoms with E-state index < -0.39 is 0 Å². The van der Waals surface area contributed by atoms with Gasteiger partial charge in [-0.2, -0.15) is 0 Å². The minimum absolute atomic E-state index is 0.160. The Morgan fingerprint density at radius 3 is 2.00 bits per heavy atom. The number of rotatable bonds is 5. The van der Waals surface area contributed by atoms with Crippen LogP contribution < -0.4 is 0 Å². The zero-order chi connectivity index (χ0) is 24.6. The number of hydrogen-bond donors (Lipinski definition) is 0. The molecule has 0 radical (unpaired) electrons. The summed E-state index contributed by atoms with van der Waals surface area (Å²) in [7, 11) is 1.25. The van der Waals surface area contributed by atoms with E-state index in [1.807, 2.05) is 11.8 Å². The Bertz CT molecular complexity index is 924. The molecule has 0 N–H and O–H groups in total. The maximum atomic E-state index is 5.38. The van der Waals surface area contributed by atoms with E-state index in [9.17, 15) is 0 Å². The van der Waals surface area contributed by atoms with Crippen LogP contribution in [0.2, 0.25) is 0 Å². The van der Waals surface area contributed by atoms with Gasteiger partial charge in [-0.15, -0.1) is 11.8 Å². The first-order valence-corrected chi connectivity index (χ1v) is 17.3. The number of benzene rings is 2. The molecule has 184 valence electrons. The quantitative estimate of drug-likeness (QED) is 0.236. The molecule has 2 nitrogen and oxygen atoms in total. The van der Waals surface area contributed by atoms with E-state index in [1.165, 1.54) is 22.0 Å². The fourth-order valence-corrected chi connectivity index (χ4v) is 4.89. The average Bonchev–Trinajstić information content (AvgIpc) is 2.77. The summed E-state index contributed by atoms with van der Waals surface area (Å²) in [4.78, 5) is 10.6. The van der Waals surface area contributed by atoms with E-state index in [0.29, 0.717) is 17.9 Å². The Labute approximate surface area is 225 Å². The Morgan fingerprint density at radius 1 is 0.970 bits per heavy atom. The van der Waals surface area contributed by atoms with Crippen molar-refractivity contribution in [2.75, 3.05) is 5.75 Å². The van der Waals surface area contributed by atoms with Crippen molar-refractivity contribution in [3.05, 3.63) is 65.2 Å². The molecule has 0 aliphatic carbocycles. The molecule has 0 bridgehead atoms. The van der Waals surface area contributed by atoms with Crippen LogP contribution in [0.5, 0.6) is 0 Å². The van der Waals surface area contributed by atoms with Crippen molar-refractivity contribution in [3.8, 4) is 0 Å². The summed E-state index contributed by atoms with van der Waals surface area (Å²) in [6, 6.07) is 17.5. The van der Waals surface area contributed by atoms with Crippen molar-refractivity contribution in [2.45, 2.75) is 72.8 Å². The van der Waals surface area contributed by atoms with Crippen molar-refractivity contribution < 1.29 is 10.9 Å². The summed E-state index contributed by atoms with van der Waals surface area (Å²) in [5.41, 5.74) is 6.07. The second-order valence-electron chi connectivity index (χ2n) is 9.92. The van der Waals surface area contributed by atoms with Crippen LogP contribution in [0.25, 0.3) is 0 Å². The van der Waals surface area contributed by atoms with E-state index in [-0.39, 0.29) is 5.41 Å². The van der Waals surface area contributed by atoms with Crippen LogP contribution in [0.1, 0.15) is 83.4 Å². The van der Waals surface area contributed by atoms with Crippen molar-refractivity contribution >= 4 is 56.7 Å². The average molecular weight is 639 g/mol. The molecule has 1 atom stereocenters. The predicted molar refractivity (Wildman–Crippen MR) is 153 cm³/mol. The number of nitrogens with zero attached hydrogens (tertiary/aromatic N) is 2. The van der Waals surface area contributed by atoms with Gasteiger partial charge in [-0.1, -0.05) is 97.0 Å². The molecule has 1 heterocycles. The monoisotopic (exact) mass is 636 g/mol. The molecule has 0 unspecified atom stereocenters. The van der Waals surface area contributed by atoms with Gasteiger partial charge in [0.25, 0.3) is 0 Å². The fourth-order valence-electron chi connectivity index (χ4n) is 3.85. The van der Waals surface area contributed by atoms with Gasteiger partial charge in [0, 0.05) is 11.3 Å². The van der Waals surface area contributed by atoms with Crippen LogP contribution in [-0.2, 0) is 10.9 Å². The summed E-state index contributed by atoms with van der Waals surface area (Å²) in [5.74, 6) is 1.93. The van der Waals surface area contributed by atoms with Gasteiger partial charge in [0.2, 0.25) is 0 Å². The SMILES string of the molecule is CC(C)c1cccc(C(C)C)c1N=C(C1=N[C@@H](C(C)(C)C)CCS1)c1ccccc1.[Br][Ni][Br]. The zero-order valence-corrected chi connectivity index (χ0v) is 25.6. The molecular weight excluding hydrogens is 603 g/mol. The number of hydrogen-bond acceptors (Lipinski definition) is 3. The van der Waals surface area contributed by atoms with Crippen molar-refractivity contribution in [2.24, 2.45) is 15.4 Å². The second-order valence-corrected chi connectivity index (χ2v) is 16.0. The number of thioether (sulfide) groups is 1. The maximum absolute atomic E-state index is 5.38. The topological polar surface area (TPSA) is 24.7 Å².